The van der Waals surface area contributed by atoms with E-state index in [9.17, 15) is 15.0 Å². The fourth-order valence-corrected chi connectivity index (χ4v) is 8.15. The molecule has 4 aliphatic rings. The Bertz CT molecular complexity index is 1730. The number of methoxy groups -OCH3 is 4. The molecule has 3 aromatic carbocycles. The summed E-state index contributed by atoms with van der Waals surface area (Å²) in [6.45, 7) is -0.0537. The maximum Gasteiger partial charge on any atom is 0.329 e. The topological polar surface area (TPSA) is 142 Å². The van der Waals surface area contributed by atoms with Crippen LogP contribution in [0.15, 0.2) is 54.6 Å². The first-order chi connectivity index (χ1) is 26.7. The van der Waals surface area contributed by atoms with Crippen molar-refractivity contribution in [1.82, 2.24) is 4.90 Å². The number of hydrogen-bond acceptors (Lipinski definition) is 11. The van der Waals surface area contributed by atoms with Gasteiger partial charge in [-0.1, -0.05) is 37.5 Å². The zero-order valence-corrected chi connectivity index (χ0v) is 32.4. The van der Waals surface area contributed by atoms with E-state index in [1.165, 1.54) is 14.2 Å². The molecule has 1 aliphatic carbocycles. The molecule has 7 rings (SSSR count). The van der Waals surface area contributed by atoms with Gasteiger partial charge in [-0.25, -0.2) is 4.79 Å². The van der Waals surface area contributed by atoms with Crippen LogP contribution in [0.5, 0.6) is 34.5 Å². The minimum Gasteiger partial charge on any atom is -0.493 e. The summed E-state index contributed by atoms with van der Waals surface area (Å²) in [5, 5.41) is 21.8. The highest BCUT2D eigenvalue weighted by molar-refractivity contribution is 5.89. The van der Waals surface area contributed by atoms with Gasteiger partial charge in [-0.2, -0.15) is 0 Å². The molecule has 2 N–H and O–H groups in total. The first-order valence-electron chi connectivity index (χ1n) is 19.4. The number of fused-ring (bicyclic) bond motifs is 10. The van der Waals surface area contributed by atoms with Crippen molar-refractivity contribution in [1.29, 1.82) is 0 Å². The Balaban J connectivity index is 1.39. The molecular weight excluding hydrogens is 706 g/mol. The van der Waals surface area contributed by atoms with Crippen LogP contribution >= 0.6 is 0 Å². The van der Waals surface area contributed by atoms with Crippen molar-refractivity contribution in [3.63, 3.8) is 0 Å². The summed E-state index contributed by atoms with van der Waals surface area (Å²) in [4.78, 5) is 31.2. The van der Waals surface area contributed by atoms with E-state index < -0.39 is 36.2 Å². The number of ether oxygens (including phenoxy) is 7. The zero-order valence-electron chi connectivity index (χ0n) is 32.4. The number of aliphatic hydroxyl groups is 2. The molecule has 3 heterocycles. The monoisotopic (exact) mass is 761 g/mol. The van der Waals surface area contributed by atoms with Crippen LogP contribution in [0, 0.1) is 5.92 Å². The average Bonchev–Trinajstić information content (AvgIpc) is 3.23. The van der Waals surface area contributed by atoms with E-state index in [0.29, 0.717) is 65.7 Å². The molecule has 1 amide bonds. The van der Waals surface area contributed by atoms with Gasteiger partial charge < -0.3 is 48.3 Å². The van der Waals surface area contributed by atoms with Gasteiger partial charge in [0, 0.05) is 6.54 Å². The number of rotatable bonds is 8. The fourth-order valence-electron chi connectivity index (χ4n) is 8.15. The minimum absolute atomic E-state index is 0.0489. The van der Waals surface area contributed by atoms with E-state index in [-0.39, 0.29) is 30.8 Å². The van der Waals surface area contributed by atoms with Crippen LogP contribution in [0.3, 0.4) is 0 Å². The second kappa shape index (κ2) is 18.8. The van der Waals surface area contributed by atoms with E-state index in [4.69, 9.17) is 33.2 Å². The smallest absolute Gasteiger partial charge is 0.329 e. The number of aryl methyl sites for hydroxylation is 1. The average molecular weight is 762 g/mol. The highest BCUT2D eigenvalue weighted by atomic mass is 16.6. The molecule has 0 radical (unpaired) electrons. The van der Waals surface area contributed by atoms with Gasteiger partial charge in [-0.3, -0.25) is 4.79 Å². The van der Waals surface area contributed by atoms with Crippen LogP contribution in [-0.2, 0) is 20.7 Å². The van der Waals surface area contributed by atoms with E-state index in [1.807, 2.05) is 24.3 Å². The van der Waals surface area contributed by atoms with Crippen LogP contribution in [0.1, 0.15) is 86.5 Å². The Kier molecular flexibility index (Phi) is 13.7. The molecule has 55 heavy (non-hydrogen) atoms. The molecule has 3 aliphatic heterocycles. The van der Waals surface area contributed by atoms with Crippen molar-refractivity contribution < 1.29 is 53.0 Å². The second-order valence-electron chi connectivity index (χ2n) is 14.7. The molecule has 0 aromatic heterocycles. The molecule has 0 spiro atoms. The summed E-state index contributed by atoms with van der Waals surface area (Å²) >= 11 is 0. The van der Waals surface area contributed by atoms with E-state index in [2.05, 4.69) is 0 Å². The van der Waals surface area contributed by atoms with E-state index in [0.717, 1.165) is 50.5 Å². The number of benzene rings is 3. The minimum atomic E-state index is -1.31. The molecule has 3 aromatic rings. The lowest BCUT2D eigenvalue weighted by Gasteiger charge is -2.40. The highest BCUT2D eigenvalue weighted by Gasteiger charge is 2.41. The summed E-state index contributed by atoms with van der Waals surface area (Å²) in [5.41, 5.74) is 2.38. The van der Waals surface area contributed by atoms with Crippen molar-refractivity contribution in [3.05, 3.63) is 71.3 Å². The second-order valence-corrected chi connectivity index (χ2v) is 14.7. The summed E-state index contributed by atoms with van der Waals surface area (Å²) in [6.07, 6.45) is 4.64. The summed E-state index contributed by atoms with van der Waals surface area (Å²) in [5.74, 6) is 1.48. The third kappa shape index (κ3) is 9.41. The summed E-state index contributed by atoms with van der Waals surface area (Å²) in [7, 11) is 6.19. The number of piperidine rings is 1. The molecule has 5 atom stereocenters. The van der Waals surface area contributed by atoms with Gasteiger partial charge in [0.05, 0.1) is 34.4 Å². The number of esters is 1. The Morgan fingerprint density at radius 2 is 1.38 bits per heavy atom. The Hall–Kier alpha value is -4.68. The van der Waals surface area contributed by atoms with Crippen molar-refractivity contribution in [2.45, 2.75) is 94.5 Å². The van der Waals surface area contributed by atoms with E-state index >= 15 is 4.79 Å². The third-order valence-corrected chi connectivity index (χ3v) is 11.2. The van der Waals surface area contributed by atoms with Crippen molar-refractivity contribution in [2.24, 2.45) is 5.92 Å². The quantitative estimate of drug-likeness (QED) is 0.254. The number of carbonyl (C=O) groups is 2. The number of carbonyl (C=O) groups excluding carboxylic acids is 2. The molecule has 12 heteroatoms. The lowest BCUT2D eigenvalue weighted by Crippen LogP contribution is -2.51. The van der Waals surface area contributed by atoms with Gasteiger partial charge in [0.25, 0.3) is 0 Å². The molecule has 1 saturated heterocycles. The van der Waals surface area contributed by atoms with Crippen LogP contribution in [0.2, 0.25) is 0 Å². The number of aliphatic hydroxyl groups excluding tert-OH is 2. The Morgan fingerprint density at radius 1 is 0.709 bits per heavy atom. The molecule has 12 nitrogen and oxygen atoms in total. The lowest BCUT2D eigenvalue weighted by molar-refractivity contribution is -0.163. The van der Waals surface area contributed by atoms with E-state index in [1.54, 1.807) is 49.5 Å². The Morgan fingerprint density at radius 3 is 2.07 bits per heavy atom. The zero-order chi connectivity index (χ0) is 38.9. The Labute approximate surface area is 323 Å². The van der Waals surface area contributed by atoms with Crippen LogP contribution in [-0.4, -0.2) is 93.4 Å². The summed E-state index contributed by atoms with van der Waals surface area (Å²) < 4.78 is 40.9. The van der Waals surface area contributed by atoms with Gasteiger partial charge in [0.15, 0.2) is 23.0 Å². The van der Waals surface area contributed by atoms with Gasteiger partial charge in [-0.05, 0) is 104 Å². The SMILES string of the molecule is COc1ccc(CC[C@H]2OC(=O)[C@@H]3CCCCN3C(=O)[C@@H](C3CCCCC3)c3cc(OC)c(c(OC)c3)OCC(O)C(O)COc3cccc2c3)cc1OC. The maximum absolute atomic E-state index is 15.0. The van der Waals surface area contributed by atoms with Gasteiger partial charge in [-0.15, -0.1) is 0 Å². The number of hydrogen-bond donors (Lipinski definition) is 2. The normalized spacial score (nSPS) is 24.1. The predicted octanol–water partition coefficient (Wildman–Crippen LogP) is 6.18. The van der Waals surface area contributed by atoms with Crippen LogP contribution in [0.4, 0.5) is 0 Å². The lowest BCUT2D eigenvalue weighted by atomic mass is 9.75. The van der Waals surface area contributed by atoms with Crippen LogP contribution < -0.4 is 28.4 Å². The molecule has 2 fully saturated rings. The van der Waals surface area contributed by atoms with Crippen molar-refractivity contribution in [3.8, 4) is 34.5 Å². The third-order valence-electron chi connectivity index (χ3n) is 11.2. The summed E-state index contributed by atoms with van der Waals surface area (Å²) in [6, 6.07) is 15.7. The molecule has 298 valence electrons. The van der Waals surface area contributed by atoms with Crippen molar-refractivity contribution in [2.75, 3.05) is 48.2 Å². The molecular formula is C43H55NO11. The molecule has 4 bridgehead atoms. The fraction of sp³-hybridized carbons (Fsp3) is 0.535. The maximum atomic E-state index is 15.0. The number of nitrogens with zero attached hydrogens (tertiary/aromatic N) is 1. The standard InChI is InChI=1S/C43H55NO11/c1-49-36-19-17-27(21-37(36)50-2)16-18-35-29-13-10-14-31(22-29)53-25-33(45)34(46)26-54-41-38(51-3)23-30(24-39(41)52-4)40(28-11-6-5-7-12-28)42(47)44-20-9-8-15-32(44)43(48)55-35/h10,13-14,17,19,21-24,28,32-35,40,45-46H,5-9,11-12,15-16,18,20,25-26H2,1-4H3/t32-,33?,34?,35+,40-/m0/s1. The highest BCUT2D eigenvalue weighted by Crippen LogP contribution is 2.45. The molecule has 1 saturated carbocycles. The van der Waals surface area contributed by atoms with Gasteiger partial charge >= 0.3 is 5.97 Å². The van der Waals surface area contributed by atoms with Crippen LogP contribution in [0.25, 0.3) is 0 Å². The van der Waals surface area contributed by atoms with Crippen molar-refractivity contribution >= 4 is 11.9 Å². The first-order valence-corrected chi connectivity index (χ1v) is 19.4. The van der Waals surface area contributed by atoms with Gasteiger partial charge in [0.1, 0.15) is 43.3 Å². The van der Waals surface area contributed by atoms with Gasteiger partial charge in [0.2, 0.25) is 11.7 Å². The number of amides is 1. The predicted molar refractivity (Wildman–Crippen MR) is 204 cm³/mol. The molecule has 2 unspecified atom stereocenters. The first kappa shape index (κ1) is 40.0. The largest absolute Gasteiger partial charge is 0.493 e.